The normalized spacial score (nSPS) is 13.2. The molecule has 0 radical (unpaired) electrons. The number of benzene rings is 7. The second kappa shape index (κ2) is 17.3. The zero-order chi connectivity index (χ0) is 45.5. The second-order valence-corrected chi connectivity index (χ2v) is 17.8. The molecule has 65 heavy (non-hydrogen) atoms. The van der Waals surface area contributed by atoms with Gasteiger partial charge in [-0.15, -0.1) is 0 Å². The number of carbonyl (C=O) groups is 2. The third kappa shape index (κ3) is 7.65. The molecule has 0 saturated heterocycles. The van der Waals surface area contributed by atoms with Crippen molar-refractivity contribution in [2.75, 3.05) is 7.11 Å². The zero-order valence-corrected chi connectivity index (χ0v) is 38.2. The molecule has 2 heterocycles. The Balaban J connectivity index is 1.09. The van der Waals surface area contributed by atoms with Crippen molar-refractivity contribution in [3.8, 4) is 34.2 Å². The highest BCUT2D eigenvalue weighted by atomic mass is 16.5. The van der Waals surface area contributed by atoms with Crippen LogP contribution in [0.4, 0.5) is 0 Å². The van der Waals surface area contributed by atoms with E-state index in [-0.39, 0.29) is 17.0 Å². The topological polar surface area (TPSA) is 79.0 Å². The Labute approximate surface area is 381 Å². The van der Waals surface area contributed by atoms with Crippen LogP contribution in [0.1, 0.15) is 103 Å². The number of aromatic nitrogens is 4. The summed E-state index contributed by atoms with van der Waals surface area (Å²) in [7, 11) is 1.62. The maximum atomic E-state index is 13.7. The Hall–Kier alpha value is -7.38. The SMILES string of the molecule is CCC(C)c1ccc(C(=O)c2ccc(-n3c(-c4cccc(-c5nc6ccccc6n5C(C)(C)C(C)(CC)c5ccc(C(=O)c6ccc(OC)cc6)cc5)c4)nc4ccccc43)cc2)cc1. The Kier molecular flexibility index (Phi) is 11.4. The molecular weight excluding hydrogens is 801 g/mol. The highest BCUT2D eigenvalue weighted by molar-refractivity contribution is 6.09. The van der Waals surface area contributed by atoms with E-state index in [9.17, 15) is 9.59 Å². The third-order valence-electron chi connectivity index (χ3n) is 14.0. The number of ketones is 2. The lowest BCUT2D eigenvalue weighted by molar-refractivity contribution is 0.103. The molecular formula is C58H54N4O3. The zero-order valence-electron chi connectivity index (χ0n) is 38.2. The summed E-state index contributed by atoms with van der Waals surface area (Å²) in [6, 6.07) is 56.2. The minimum Gasteiger partial charge on any atom is -0.497 e. The molecule has 0 N–H and O–H groups in total. The van der Waals surface area contributed by atoms with Crippen molar-refractivity contribution in [3.05, 3.63) is 203 Å². The van der Waals surface area contributed by atoms with Gasteiger partial charge in [0.2, 0.25) is 0 Å². The lowest BCUT2D eigenvalue weighted by atomic mass is 9.66. The Morgan fingerprint density at radius 1 is 0.585 bits per heavy atom. The minimum atomic E-state index is -0.507. The van der Waals surface area contributed by atoms with Crippen LogP contribution in [0.3, 0.4) is 0 Å². The van der Waals surface area contributed by atoms with Gasteiger partial charge in [0.05, 0.1) is 34.7 Å². The fourth-order valence-corrected chi connectivity index (χ4v) is 9.33. The smallest absolute Gasteiger partial charge is 0.193 e. The van der Waals surface area contributed by atoms with E-state index in [1.807, 2.05) is 84.9 Å². The van der Waals surface area contributed by atoms with E-state index >= 15 is 0 Å². The van der Waals surface area contributed by atoms with E-state index in [4.69, 9.17) is 14.7 Å². The van der Waals surface area contributed by atoms with Crippen molar-refractivity contribution in [2.45, 2.75) is 71.3 Å². The molecule has 9 rings (SSSR count). The number of hydrogen-bond acceptors (Lipinski definition) is 5. The van der Waals surface area contributed by atoms with Crippen LogP contribution in [-0.4, -0.2) is 37.8 Å². The monoisotopic (exact) mass is 854 g/mol. The Morgan fingerprint density at radius 2 is 1.08 bits per heavy atom. The average Bonchev–Trinajstić information content (AvgIpc) is 3.96. The summed E-state index contributed by atoms with van der Waals surface area (Å²) >= 11 is 0. The van der Waals surface area contributed by atoms with Crippen LogP contribution < -0.4 is 4.74 Å². The molecule has 0 aliphatic heterocycles. The van der Waals surface area contributed by atoms with Gasteiger partial charge < -0.3 is 9.30 Å². The molecule has 0 spiro atoms. The van der Waals surface area contributed by atoms with Crippen molar-refractivity contribution >= 4 is 33.6 Å². The number of ether oxygens (including phenoxy) is 1. The number of hydrogen-bond donors (Lipinski definition) is 0. The highest BCUT2D eigenvalue weighted by Gasteiger charge is 2.44. The Morgan fingerprint density at radius 3 is 1.65 bits per heavy atom. The van der Waals surface area contributed by atoms with Gasteiger partial charge in [-0.3, -0.25) is 14.2 Å². The van der Waals surface area contributed by atoms with Gasteiger partial charge in [0, 0.05) is 44.5 Å². The van der Waals surface area contributed by atoms with Gasteiger partial charge in [-0.25, -0.2) is 9.97 Å². The lowest BCUT2D eigenvalue weighted by Gasteiger charge is -2.46. The first-order valence-electron chi connectivity index (χ1n) is 22.6. The summed E-state index contributed by atoms with van der Waals surface area (Å²) in [5.74, 6) is 2.77. The van der Waals surface area contributed by atoms with E-state index in [0.717, 1.165) is 68.9 Å². The van der Waals surface area contributed by atoms with Gasteiger partial charge in [0.1, 0.15) is 17.4 Å². The van der Waals surface area contributed by atoms with Crippen LogP contribution in [-0.2, 0) is 11.0 Å². The van der Waals surface area contributed by atoms with Crippen molar-refractivity contribution < 1.29 is 14.3 Å². The van der Waals surface area contributed by atoms with Gasteiger partial charge in [-0.2, -0.15) is 0 Å². The number of fused-ring (bicyclic) bond motifs is 2. The van der Waals surface area contributed by atoms with Crippen molar-refractivity contribution in [1.29, 1.82) is 0 Å². The molecule has 7 nitrogen and oxygen atoms in total. The number of rotatable bonds is 14. The van der Waals surface area contributed by atoms with E-state index in [0.29, 0.717) is 33.9 Å². The van der Waals surface area contributed by atoms with Gasteiger partial charge in [-0.05, 0) is 123 Å². The summed E-state index contributed by atoms with van der Waals surface area (Å²) in [5, 5.41) is 0. The summed E-state index contributed by atoms with van der Waals surface area (Å²) in [4.78, 5) is 37.8. The molecule has 2 atom stereocenters. The molecule has 0 bridgehead atoms. The fraction of sp³-hybridized carbons (Fsp3) is 0.207. The molecule has 324 valence electrons. The van der Waals surface area contributed by atoms with Crippen molar-refractivity contribution in [1.82, 2.24) is 19.1 Å². The molecule has 0 amide bonds. The quantitative estimate of drug-likeness (QED) is 0.102. The largest absolute Gasteiger partial charge is 0.497 e. The molecule has 0 fully saturated rings. The van der Waals surface area contributed by atoms with E-state index in [1.165, 1.54) is 5.56 Å². The minimum absolute atomic E-state index is 0.00232. The van der Waals surface area contributed by atoms with Crippen LogP contribution in [0.2, 0.25) is 0 Å². The van der Waals surface area contributed by atoms with Gasteiger partial charge in [0.25, 0.3) is 0 Å². The van der Waals surface area contributed by atoms with Crippen molar-refractivity contribution in [2.24, 2.45) is 0 Å². The predicted molar refractivity (Wildman–Crippen MR) is 264 cm³/mol. The first-order valence-corrected chi connectivity index (χ1v) is 22.6. The molecule has 0 aliphatic rings. The molecule has 0 aliphatic carbocycles. The predicted octanol–water partition coefficient (Wildman–Crippen LogP) is 13.8. The maximum Gasteiger partial charge on any atom is 0.193 e. The summed E-state index contributed by atoms with van der Waals surface area (Å²) in [5.41, 5.74) is 10.7. The number of para-hydroxylation sites is 4. The van der Waals surface area contributed by atoms with Gasteiger partial charge in [-0.1, -0.05) is 119 Å². The standard InChI is InChI=1S/C58H54N4O3/c1-8-38(3)39-21-23-40(24-22-39)53(63)42-27-33-47(34-28-42)61-51-19-12-10-17-49(51)59-55(61)44-15-14-16-45(37-44)56-60-50-18-11-13-20-52(50)62(56)57(4,5)58(6,9-2)46-31-25-41(26-32-46)54(64)43-29-35-48(65-7)36-30-43/h10-38H,8-9H2,1-7H3. The van der Waals surface area contributed by atoms with Crippen LogP contribution in [0.15, 0.2) is 170 Å². The molecule has 0 saturated carbocycles. The summed E-state index contributed by atoms with van der Waals surface area (Å²) < 4.78 is 9.88. The fourth-order valence-electron chi connectivity index (χ4n) is 9.33. The number of nitrogens with zero attached hydrogens (tertiary/aromatic N) is 4. The van der Waals surface area contributed by atoms with E-state index in [2.05, 4.69) is 123 Å². The lowest BCUT2D eigenvalue weighted by Crippen LogP contribution is -2.47. The van der Waals surface area contributed by atoms with Crippen LogP contribution in [0, 0.1) is 0 Å². The third-order valence-corrected chi connectivity index (χ3v) is 14.0. The molecule has 2 aromatic heterocycles. The van der Waals surface area contributed by atoms with Crippen LogP contribution >= 0.6 is 0 Å². The summed E-state index contributed by atoms with van der Waals surface area (Å²) in [6.07, 6.45) is 1.88. The van der Waals surface area contributed by atoms with Crippen LogP contribution in [0.5, 0.6) is 5.75 Å². The average molecular weight is 855 g/mol. The van der Waals surface area contributed by atoms with Crippen LogP contribution in [0.25, 0.3) is 50.5 Å². The van der Waals surface area contributed by atoms with Gasteiger partial charge in [0.15, 0.2) is 11.6 Å². The number of methoxy groups -OCH3 is 1. The number of carbonyl (C=O) groups excluding carboxylic acids is 2. The van der Waals surface area contributed by atoms with Gasteiger partial charge >= 0.3 is 0 Å². The first-order chi connectivity index (χ1) is 31.4. The maximum absolute atomic E-state index is 13.7. The Bertz CT molecular complexity index is 3180. The number of imidazole rings is 2. The molecule has 7 heteroatoms. The second-order valence-electron chi connectivity index (χ2n) is 17.8. The highest BCUT2D eigenvalue weighted by Crippen LogP contribution is 2.47. The molecule has 9 aromatic rings. The molecule has 7 aromatic carbocycles. The summed E-state index contributed by atoms with van der Waals surface area (Å²) in [6.45, 7) is 13.5. The van der Waals surface area contributed by atoms with E-state index < -0.39 is 5.54 Å². The van der Waals surface area contributed by atoms with E-state index in [1.54, 1.807) is 19.2 Å². The first kappa shape index (κ1) is 42.9. The molecule has 2 unspecified atom stereocenters. The van der Waals surface area contributed by atoms with Crippen molar-refractivity contribution in [3.63, 3.8) is 0 Å².